The van der Waals surface area contributed by atoms with Crippen LogP contribution in [0.4, 0.5) is 10.5 Å². The number of rotatable bonds is 3. The van der Waals surface area contributed by atoms with Crippen molar-refractivity contribution >= 4 is 11.8 Å². The molecule has 0 spiro atoms. The van der Waals surface area contributed by atoms with E-state index >= 15 is 0 Å². The normalized spacial score (nSPS) is 14.2. The predicted molar refractivity (Wildman–Crippen MR) is 92.3 cm³/mol. The molecule has 0 bridgehead atoms. The maximum Gasteiger partial charge on any atom is 0.514 e. The van der Waals surface area contributed by atoms with Crippen LogP contribution in [-0.4, -0.2) is 45.2 Å². The number of hydrogen-bond acceptors (Lipinski definition) is 8. The van der Waals surface area contributed by atoms with Crippen molar-refractivity contribution in [1.82, 2.24) is 0 Å². The Morgan fingerprint density at radius 1 is 1.23 bits per heavy atom. The van der Waals surface area contributed by atoms with E-state index in [-0.39, 0.29) is 22.6 Å². The van der Waals surface area contributed by atoms with Gasteiger partial charge in [-0.1, -0.05) is 0 Å². The Morgan fingerprint density at radius 3 is 2.38 bits per heavy atom. The molecule has 1 fully saturated rings. The minimum absolute atomic E-state index is 0.0497. The number of carbonyl (C=O) groups is 1. The molecular formula is C18H21N3O5. The Kier molecular flexibility index (Phi) is 5.91. The number of hydrogen-bond donors (Lipinski definition) is 0. The Labute approximate surface area is 152 Å². The second-order valence-electron chi connectivity index (χ2n) is 6.57. The Hall–Kier alpha value is -2.97. The summed E-state index contributed by atoms with van der Waals surface area (Å²) in [5.74, 6) is 0.0470. The van der Waals surface area contributed by atoms with E-state index in [2.05, 4.69) is 6.07 Å². The van der Waals surface area contributed by atoms with Crippen LogP contribution in [0.1, 0.15) is 31.9 Å². The van der Waals surface area contributed by atoms with Gasteiger partial charge in [0.1, 0.15) is 23.3 Å². The summed E-state index contributed by atoms with van der Waals surface area (Å²) in [6, 6.07) is 5.56. The molecule has 0 amide bonds. The molecule has 2 rings (SSSR count). The van der Waals surface area contributed by atoms with Gasteiger partial charge in [0.2, 0.25) is 0 Å². The lowest BCUT2D eigenvalue weighted by molar-refractivity contribution is 0.0200. The third-order valence-electron chi connectivity index (χ3n) is 3.57. The topological polar surface area (TPSA) is 105 Å². The Bertz CT molecular complexity index is 765. The van der Waals surface area contributed by atoms with Gasteiger partial charge in [0.15, 0.2) is 11.5 Å². The molecule has 1 aliphatic heterocycles. The molecule has 8 nitrogen and oxygen atoms in total. The summed E-state index contributed by atoms with van der Waals surface area (Å²) in [4.78, 5) is 14.0. The fourth-order valence-corrected chi connectivity index (χ4v) is 2.54. The van der Waals surface area contributed by atoms with Gasteiger partial charge in [0.05, 0.1) is 31.6 Å². The monoisotopic (exact) mass is 359 g/mol. The van der Waals surface area contributed by atoms with Gasteiger partial charge in [-0.15, -0.1) is 0 Å². The molecular weight excluding hydrogens is 338 g/mol. The number of morpholine rings is 1. The van der Waals surface area contributed by atoms with E-state index in [9.17, 15) is 15.3 Å². The van der Waals surface area contributed by atoms with Crippen molar-refractivity contribution in [1.29, 1.82) is 10.5 Å². The third kappa shape index (κ3) is 4.35. The van der Waals surface area contributed by atoms with E-state index in [1.807, 2.05) is 11.0 Å². The fourth-order valence-electron chi connectivity index (χ4n) is 2.54. The van der Waals surface area contributed by atoms with Crippen molar-refractivity contribution < 1.29 is 23.7 Å². The quantitative estimate of drug-likeness (QED) is 0.599. The van der Waals surface area contributed by atoms with Crippen molar-refractivity contribution in [2.75, 3.05) is 38.3 Å². The molecule has 0 unspecified atom stereocenters. The molecule has 138 valence electrons. The van der Waals surface area contributed by atoms with Crippen molar-refractivity contribution in [2.24, 2.45) is 0 Å². The number of nitriles is 2. The molecule has 1 saturated heterocycles. The van der Waals surface area contributed by atoms with Crippen LogP contribution in [0.3, 0.4) is 0 Å². The first-order valence-corrected chi connectivity index (χ1v) is 8.09. The summed E-state index contributed by atoms with van der Waals surface area (Å²) in [6.45, 7) is 7.09. The molecule has 0 aromatic heterocycles. The first kappa shape index (κ1) is 19.4. The van der Waals surface area contributed by atoms with Crippen LogP contribution in [0.15, 0.2) is 6.07 Å². The fraction of sp³-hybridized carbons (Fsp3) is 0.500. The van der Waals surface area contributed by atoms with E-state index < -0.39 is 11.8 Å². The minimum atomic E-state index is -0.954. The van der Waals surface area contributed by atoms with Gasteiger partial charge in [0.25, 0.3) is 0 Å². The number of benzene rings is 1. The molecule has 0 aliphatic carbocycles. The molecule has 1 heterocycles. The zero-order valence-corrected chi connectivity index (χ0v) is 15.3. The average Bonchev–Trinajstić information content (AvgIpc) is 2.60. The second kappa shape index (κ2) is 7.94. The average molecular weight is 359 g/mol. The van der Waals surface area contributed by atoms with E-state index in [1.165, 1.54) is 13.2 Å². The van der Waals surface area contributed by atoms with Crippen LogP contribution >= 0.6 is 0 Å². The number of ether oxygens (including phenoxy) is 4. The Balaban J connectivity index is 2.54. The number of anilines is 1. The minimum Gasteiger partial charge on any atom is -0.493 e. The summed E-state index contributed by atoms with van der Waals surface area (Å²) in [5, 5.41) is 19.2. The highest BCUT2D eigenvalue weighted by molar-refractivity contribution is 5.79. The smallest absolute Gasteiger partial charge is 0.493 e. The number of carbonyl (C=O) groups excluding carboxylic acids is 1. The van der Waals surface area contributed by atoms with Gasteiger partial charge in [-0.05, 0) is 20.8 Å². The highest BCUT2D eigenvalue weighted by Gasteiger charge is 2.28. The third-order valence-corrected chi connectivity index (χ3v) is 3.57. The van der Waals surface area contributed by atoms with Crippen molar-refractivity contribution in [2.45, 2.75) is 26.4 Å². The van der Waals surface area contributed by atoms with Crippen molar-refractivity contribution in [3.63, 3.8) is 0 Å². The SMILES string of the molecule is COc1cc(C#N)c(N2CCOCC2)c(C#N)c1OC(=O)OC(C)(C)C. The van der Waals surface area contributed by atoms with Crippen LogP contribution in [-0.2, 0) is 9.47 Å². The van der Waals surface area contributed by atoms with Gasteiger partial charge >= 0.3 is 6.16 Å². The molecule has 1 aliphatic rings. The lowest BCUT2D eigenvalue weighted by Crippen LogP contribution is -2.37. The predicted octanol–water partition coefficient (Wildman–Crippen LogP) is 2.59. The van der Waals surface area contributed by atoms with Gasteiger partial charge in [-0.2, -0.15) is 10.5 Å². The molecule has 0 N–H and O–H groups in total. The van der Waals surface area contributed by atoms with Crippen molar-refractivity contribution in [3.8, 4) is 23.6 Å². The first-order chi connectivity index (χ1) is 12.3. The first-order valence-electron chi connectivity index (χ1n) is 8.09. The molecule has 0 saturated carbocycles. The number of methoxy groups -OCH3 is 1. The zero-order chi connectivity index (χ0) is 19.3. The highest BCUT2D eigenvalue weighted by Crippen LogP contribution is 2.41. The van der Waals surface area contributed by atoms with E-state index in [0.29, 0.717) is 32.0 Å². The largest absolute Gasteiger partial charge is 0.514 e. The summed E-state index contributed by atoms with van der Waals surface area (Å²) in [7, 11) is 1.37. The molecule has 0 atom stereocenters. The molecule has 0 radical (unpaired) electrons. The van der Waals surface area contributed by atoms with Gasteiger partial charge < -0.3 is 23.8 Å². The van der Waals surface area contributed by atoms with Crippen LogP contribution < -0.4 is 14.4 Å². The highest BCUT2D eigenvalue weighted by atomic mass is 16.7. The Morgan fingerprint density at radius 2 is 1.88 bits per heavy atom. The van der Waals surface area contributed by atoms with Crippen LogP contribution in [0.2, 0.25) is 0 Å². The van der Waals surface area contributed by atoms with E-state index in [0.717, 1.165) is 0 Å². The van der Waals surface area contributed by atoms with Crippen LogP contribution in [0, 0.1) is 22.7 Å². The molecule has 8 heteroatoms. The lowest BCUT2D eigenvalue weighted by atomic mass is 10.0. The molecule has 1 aromatic rings. The van der Waals surface area contributed by atoms with Crippen molar-refractivity contribution in [3.05, 3.63) is 17.2 Å². The van der Waals surface area contributed by atoms with Crippen LogP contribution in [0.25, 0.3) is 0 Å². The van der Waals surface area contributed by atoms with Gasteiger partial charge in [-0.25, -0.2) is 4.79 Å². The standard InChI is InChI=1S/C18H21N3O5/c1-18(2,3)26-17(22)25-16-13(11-20)15(21-5-7-24-8-6-21)12(10-19)9-14(16)23-4/h9H,5-8H2,1-4H3. The summed E-state index contributed by atoms with van der Waals surface area (Å²) >= 11 is 0. The summed E-state index contributed by atoms with van der Waals surface area (Å²) < 4.78 is 21.0. The van der Waals surface area contributed by atoms with E-state index in [4.69, 9.17) is 18.9 Å². The molecule has 1 aromatic carbocycles. The number of nitrogens with zero attached hydrogens (tertiary/aromatic N) is 3. The summed E-state index contributed by atoms with van der Waals surface area (Å²) in [6.07, 6.45) is -0.954. The van der Waals surface area contributed by atoms with E-state index in [1.54, 1.807) is 20.8 Å². The van der Waals surface area contributed by atoms with Gasteiger partial charge in [0, 0.05) is 19.2 Å². The zero-order valence-electron chi connectivity index (χ0n) is 15.3. The summed E-state index contributed by atoms with van der Waals surface area (Å²) in [5.41, 5.74) is -0.0420. The maximum absolute atomic E-state index is 12.1. The van der Waals surface area contributed by atoms with Gasteiger partial charge in [-0.3, -0.25) is 0 Å². The second-order valence-corrected chi connectivity index (χ2v) is 6.57. The maximum atomic E-state index is 12.1. The van der Waals surface area contributed by atoms with Crippen LogP contribution in [0.5, 0.6) is 11.5 Å². The lowest BCUT2D eigenvalue weighted by Gasteiger charge is -2.31. The molecule has 26 heavy (non-hydrogen) atoms.